The number of anilines is 2. The maximum Gasteiger partial charge on any atom is 0.339 e. The van der Waals surface area contributed by atoms with Crippen molar-refractivity contribution in [1.29, 1.82) is 0 Å². The van der Waals surface area contributed by atoms with E-state index in [1.807, 2.05) is 0 Å². The smallest absolute Gasteiger partial charge is 0.339 e. The molecule has 1 aliphatic heterocycles. The second-order valence-electron chi connectivity index (χ2n) is 5.57. The van der Waals surface area contributed by atoms with Gasteiger partial charge in [0.15, 0.2) is 0 Å². The van der Waals surface area contributed by atoms with Crippen LogP contribution >= 0.6 is 35.0 Å². The molecule has 0 spiro atoms. The third-order valence-corrected chi connectivity index (χ3v) is 7.21. The molecule has 0 fully saturated rings. The summed E-state index contributed by atoms with van der Waals surface area (Å²) in [5, 5.41) is 7.76. The first-order valence-corrected chi connectivity index (χ1v) is 10.7. The lowest BCUT2D eigenvalue weighted by Gasteiger charge is -2.17. The summed E-state index contributed by atoms with van der Waals surface area (Å²) in [6, 6.07) is 9.36. The number of halogens is 2. The van der Waals surface area contributed by atoms with Crippen LogP contribution in [-0.4, -0.2) is 35.7 Å². The lowest BCUT2D eigenvalue weighted by Crippen LogP contribution is -2.20. The Morgan fingerprint density at radius 1 is 1.21 bits per heavy atom. The highest BCUT2D eigenvalue weighted by Crippen LogP contribution is 2.41. The molecule has 0 radical (unpaired) electrons. The van der Waals surface area contributed by atoms with Crippen LogP contribution in [0.3, 0.4) is 0 Å². The summed E-state index contributed by atoms with van der Waals surface area (Å²) in [6.07, 6.45) is 0. The van der Waals surface area contributed by atoms with Gasteiger partial charge >= 0.3 is 5.97 Å². The minimum absolute atomic E-state index is 0.0461. The van der Waals surface area contributed by atoms with E-state index in [2.05, 4.69) is 20.1 Å². The van der Waals surface area contributed by atoms with Crippen LogP contribution in [0.1, 0.15) is 10.4 Å². The zero-order valence-corrected chi connectivity index (χ0v) is 17.2. The van der Waals surface area contributed by atoms with E-state index < -0.39 is 16.0 Å². The molecule has 1 aliphatic rings. The first-order chi connectivity index (χ1) is 13.3. The van der Waals surface area contributed by atoms with Gasteiger partial charge in [0, 0.05) is 15.6 Å². The molecule has 2 aromatic carbocycles. The molecule has 3 aromatic rings. The van der Waals surface area contributed by atoms with Gasteiger partial charge in [0.2, 0.25) is 11.1 Å². The van der Waals surface area contributed by atoms with Crippen molar-refractivity contribution in [3.05, 3.63) is 52.0 Å². The first kappa shape index (κ1) is 19.1. The molecular weight excluding hydrogens is 447 g/mol. The van der Waals surface area contributed by atoms with Crippen molar-refractivity contribution in [2.75, 3.05) is 12.4 Å². The van der Waals surface area contributed by atoms with E-state index >= 15 is 0 Å². The average Bonchev–Trinajstić information content (AvgIpc) is 3.06. The van der Waals surface area contributed by atoms with E-state index in [1.165, 1.54) is 19.2 Å². The predicted octanol–water partition coefficient (Wildman–Crippen LogP) is 3.82. The van der Waals surface area contributed by atoms with Gasteiger partial charge in [-0.3, -0.25) is 0 Å². The summed E-state index contributed by atoms with van der Waals surface area (Å²) < 4.78 is 31.4. The van der Waals surface area contributed by atoms with Crippen molar-refractivity contribution in [3.63, 3.8) is 0 Å². The molecule has 0 unspecified atom stereocenters. The number of fused-ring (bicyclic) bond motifs is 2. The number of carbonyl (C=O) groups is 1. The predicted molar refractivity (Wildman–Crippen MR) is 104 cm³/mol. The topological polar surface area (TPSA) is 103 Å². The number of nitrogens with one attached hydrogen (secondary N) is 1. The normalized spacial score (nSPS) is 14.1. The zero-order valence-electron chi connectivity index (χ0n) is 14.0. The van der Waals surface area contributed by atoms with Gasteiger partial charge in [-0.2, -0.15) is 13.4 Å². The van der Waals surface area contributed by atoms with Crippen LogP contribution in [-0.2, 0) is 14.8 Å². The Morgan fingerprint density at radius 2 is 1.93 bits per heavy atom. The van der Waals surface area contributed by atoms with Gasteiger partial charge in [0.1, 0.15) is 4.90 Å². The van der Waals surface area contributed by atoms with Crippen molar-refractivity contribution >= 4 is 62.6 Å². The number of hydrogen-bond donors (Lipinski definition) is 1. The summed E-state index contributed by atoms with van der Waals surface area (Å²) in [4.78, 5) is 16.3. The highest BCUT2D eigenvalue weighted by molar-refractivity contribution is 8.01. The quantitative estimate of drug-likeness (QED) is 0.464. The van der Waals surface area contributed by atoms with E-state index in [1.54, 1.807) is 24.3 Å². The first-order valence-electron chi connectivity index (χ1n) is 7.64. The summed E-state index contributed by atoms with van der Waals surface area (Å²) in [6.45, 7) is 0. The monoisotopic (exact) mass is 456 g/mol. The van der Waals surface area contributed by atoms with Crippen LogP contribution in [0.5, 0.6) is 0 Å². The molecule has 144 valence electrons. The Bertz CT molecular complexity index is 1210. The molecule has 1 N–H and O–H groups in total. The van der Waals surface area contributed by atoms with Crippen LogP contribution in [0.15, 0.2) is 51.3 Å². The fourth-order valence-corrected chi connectivity index (χ4v) is 5.75. The molecule has 0 atom stereocenters. The molecule has 0 aliphatic carbocycles. The highest BCUT2D eigenvalue weighted by atomic mass is 35.5. The second kappa shape index (κ2) is 6.96. The molecule has 2 heterocycles. The van der Waals surface area contributed by atoms with Gasteiger partial charge in [0.25, 0.3) is 10.0 Å². The maximum atomic E-state index is 13.0. The van der Waals surface area contributed by atoms with Crippen LogP contribution in [0.2, 0.25) is 10.0 Å². The van der Waals surface area contributed by atoms with Crippen LogP contribution in [0.4, 0.5) is 11.6 Å². The maximum absolute atomic E-state index is 13.0. The van der Waals surface area contributed by atoms with Crippen molar-refractivity contribution < 1.29 is 17.9 Å². The largest absolute Gasteiger partial charge is 0.465 e. The van der Waals surface area contributed by atoms with E-state index in [-0.39, 0.29) is 26.6 Å². The van der Waals surface area contributed by atoms with E-state index in [0.717, 1.165) is 15.8 Å². The number of hydrogen-bond acceptors (Lipinski definition) is 8. The van der Waals surface area contributed by atoms with E-state index in [4.69, 9.17) is 23.2 Å². The van der Waals surface area contributed by atoms with E-state index in [9.17, 15) is 13.2 Å². The molecule has 4 rings (SSSR count). The van der Waals surface area contributed by atoms with Gasteiger partial charge in [-0.1, -0.05) is 23.2 Å². The van der Waals surface area contributed by atoms with Crippen LogP contribution < -0.4 is 5.32 Å². The molecule has 0 saturated heterocycles. The molecule has 8 nitrogen and oxygen atoms in total. The SMILES string of the molecule is COC(=O)c1cc2c(cc1Cl)Sc1nc(Nc3ccc(Cl)cc3)nn1S2(=O)=O. The lowest BCUT2D eigenvalue weighted by atomic mass is 10.2. The summed E-state index contributed by atoms with van der Waals surface area (Å²) in [5.74, 6) is -0.636. The van der Waals surface area contributed by atoms with Crippen molar-refractivity contribution in [2.24, 2.45) is 0 Å². The van der Waals surface area contributed by atoms with Crippen molar-refractivity contribution in [3.8, 4) is 0 Å². The highest BCUT2D eigenvalue weighted by Gasteiger charge is 2.34. The standard InChI is InChI=1S/C16H10Cl2N4O4S2/c1-26-14(23)10-6-13-12(7-11(10)18)27-16-20-15(21-22(16)28(13,24)25)19-9-4-2-8(17)3-5-9/h2-7H,1H3,(H,19,21). The van der Waals surface area contributed by atoms with E-state index in [0.29, 0.717) is 15.6 Å². The fourth-order valence-electron chi connectivity index (χ4n) is 2.49. The Morgan fingerprint density at radius 3 is 2.61 bits per heavy atom. The third-order valence-electron chi connectivity index (χ3n) is 3.80. The van der Waals surface area contributed by atoms with Gasteiger partial charge < -0.3 is 10.1 Å². The molecule has 0 amide bonds. The summed E-state index contributed by atoms with van der Waals surface area (Å²) in [7, 11) is -2.88. The molecule has 0 bridgehead atoms. The number of benzene rings is 2. The molecule has 0 saturated carbocycles. The average molecular weight is 457 g/mol. The zero-order chi connectivity index (χ0) is 20.1. The van der Waals surface area contributed by atoms with Crippen LogP contribution in [0, 0.1) is 0 Å². The molecular formula is C16H10Cl2N4O4S2. The van der Waals surface area contributed by atoms with Gasteiger partial charge in [-0.15, -0.1) is 9.19 Å². The number of rotatable bonds is 3. The molecule has 12 heteroatoms. The van der Waals surface area contributed by atoms with Crippen molar-refractivity contribution in [2.45, 2.75) is 14.9 Å². The van der Waals surface area contributed by atoms with Crippen molar-refractivity contribution in [1.82, 2.24) is 14.2 Å². The Balaban J connectivity index is 1.75. The van der Waals surface area contributed by atoms with Gasteiger partial charge in [-0.25, -0.2) is 4.79 Å². The number of nitrogens with zero attached hydrogens (tertiary/aromatic N) is 3. The van der Waals surface area contributed by atoms with Gasteiger partial charge in [0.05, 0.1) is 17.7 Å². The number of esters is 1. The number of aromatic nitrogens is 3. The summed E-state index contributed by atoms with van der Waals surface area (Å²) >= 11 is 13.0. The summed E-state index contributed by atoms with van der Waals surface area (Å²) in [5.41, 5.74) is 0.596. The second-order valence-corrected chi connectivity index (χ2v) is 9.16. The van der Waals surface area contributed by atoms with Gasteiger partial charge in [-0.05, 0) is 48.2 Å². The third kappa shape index (κ3) is 3.22. The van der Waals surface area contributed by atoms with Crippen LogP contribution in [0.25, 0.3) is 0 Å². The Labute approximate surface area is 173 Å². The minimum atomic E-state index is -4.07. The Hall–Kier alpha value is -2.27. The molecule has 28 heavy (non-hydrogen) atoms. The minimum Gasteiger partial charge on any atom is -0.465 e. The fraction of sp³-hybridized carbons (Fsp3) is 0.0625. The molecule has 1 aromatic heterocycles. The Kier molecular flexibility index (Phi) is 4.74. The lowest BCUT2D eigenvalue weighted by molar-refractivity contribution is 0.0600. The number of carbonyl (C=O) groups excluding carboxylic acids is 1. The number of ether oxygens (including phenoxy) is 1. The number of methoxy groups -OCH3 is 1.